The van der Waals surface area contributed by atoms with Gasteiger partial charge in [-0.2, -0.15) is 0 Å². The Morgan fingerprint density at radius 1 is 1.13 bits per heavy atom. The van der Waals surface area contributed by atoms with Crippen molar-refractivity contribution in [1.29, 1.82) is 0 Å². The monoisotopic (exact) mass is 324 g/mol. The minimum absolute atomic E-state index is 0.157. The van der Waals surface area contributed by atoms with Crippen molar-refractivity contribution in [1.82, 2.24) is 9.80 Å². The zero-order valence-electron chi connectivity index (χ0n) is 14.5. The van der Waals surface area contributed by atoms with Crippen LogP contribution < -0.4 is 0 Å². The number of hydrogen-bond donors (Lipinski definition) is 0. The first-order chi connectivity index (χ1) is 11.2. The predicted molar refractivity (Wildman–Crippen MR) is 89.4 cm³/mol. The topological polar surface area (TPSA) is 42.0 Å². The van der Waals surface area contributed by atoms with Gasteiger partial charge in [0.05, 0.1) is 12.7 Å². The van der Waals surface area contributed by atoms with Gasteiger partial charge in [0.25, 0.3) is 5.91 Å². The Kier molecular flexibility index (Phi) is 6.31. The number of carbonyl (C=O) groups excluding carboxylic acids is 1. The molecule has 5 heteroatoms. The molecular formula is C18H32N2O3. The third-order valence-corrected chi connectivity index (χ3v) is 5.52. The summed E-state index contributed by atoms with van der Waals surface area (Å²) >= 11 is 0. The van der Waals surface area contributed by atoms with E-state index in [1.54, 1.807) is 0 Å². The molecule has 1 amide bonds. The van der Waals surface area contributed by atoms with E-state index in [4.69, 9.17) is 9.47 Å². The summed E-state index contributed by atoms with van der Waals surface area (Å²) in [5.41, 5.74) is 0. The molecule has 3 fully saturated rings. The summed E-state index contributed by atoms with van der Waals surface area (Å²) in [5.74, 6) is 0.157. The SMILES string of the molecule is C[C@H](OC[C@@H]1CCCCO1)C(=O)N1CCC[C@@H](N2CCCC2)C1. The van der Waals surface area contributed by atoms with Gasteiger partial charge in [-0.25, -0.2) is 0 Å². The van der Waals surface area contributed by atoms with Gasteiger partial charge in [-0.05, 0) is 65.0 Å². The highest BCUT2D eigenvalue weighted by molar-refractivity contribution is 5.80. The van der Waals surface area contributed by atoms with Gasteiger partial charge >= 0.3 is 0 Å². The normalized spacial score (nSPS) is 31.3. The largest absolute Gasteiger partial charge is 0.376 e. The Morgan fingerprint density at radius 3 is 2.70 bits per heavy atom. The Morgan fingerprint density at radius 2 is 1.96 bits per heavy atom. The fourth-order valence-corrected chi connectivity index (χ4v) is 4.08. The van der Waals surface area contributed by atoms with Crippen molar-refractivity contribution in [2.75, 3.05) is 39.4 Å². The Bertz CT molecular complexity index is 378. The summed E-state index contributed by atoms with van der Waals surface area (Å²) in [7, 11) is 0. The molecule has 0 N–H and O–H groups in total. The van der Waals surface area contributed by atoms with Gasteiger partial charge in [-0.15, -0.1) is 0 Å². The van der Waals surface area contributed by atoms with E-state index in [1.165, 1.54) is 38.8 Å². The van der Waals surface area contributed by atoms with Crippen molar-refractivity contribution in [2.24, 2.45) is 0 Å². The molecule has 0 aromatic carbocycles. The summed E-state index contributed by atoms with van der Waals surface area (Å²) in [6.07, 6.45) is 8.21. The second kappa shape index (κ2) is 8.45. The van der Waals surface area contributed by atoms with E-state index in [0.717, 1.165) is 39.0 Å². The molecule has 3 atom stereocenters. The van der Waals surface area contributed by atoms with Crippen molar-refractivity contribution in [3.8, 4) is 0 Å². The van der Waals surface area contributed by atoms with Crippen molar-refractivity contribution < 1.29 is 14.3 Å². The Hall–Kier alpha value is -0.650. The molecule has 3 rings (SSSR count). The molecule has 0 saturated carbocycles. The number of likely N-dealkylation sites (tertiary alicyclic amines) is 2. The standard InChI is InChI=1S/C18H32N2O3/c1-15(23-14-17-8-2-5-12-22-17)18(21)20-11-6-7-16(13-20)19-9-3-4-10-19/h15-17H,2-14H2,1H3/t15-,16+,17-/m0/s1. The molecule has 0 aromatic heterocycles. The number of amides is 1. The van der Waals surface area contributed by atoms with E-state index in [1.807, 2.05) is 11.8 Å². The predicted octanol–water partition coefficient (Wildman–Crippen LogP) is 2.05. The molecular weight excluding hydrogens is 292 g/mol. The van der Waals surface area contributed by atoms with Crippen LogP contribution >= 0.6 is 0 Å². The molecule has 0 unspecified atom stereocenters. The maximum atomic E-state index is 12.7. The maximum absolute atomic E-state index is 12.7. The van der Waals surface area contributed by atoms with Crippen LogP contribution in [0, 0.1) is 0 Å². The summed E-state index contributed by atoms with van der Waals surface area (Å²) in [5, 5.41) is 0. The van der Waals surface area contributed by atoms with Crippen LogP contribution in [-0.2, 0) is 14.3 Å². The highest BCUT2D eigenvalue weighted by Gasteiger charge is 2.31. The molecule has 0 radical (unpaired) electrons. The smallest absolute Gasteiger partial charge is 0.251 e. The van der Waals surface area contributed by atoms with Crippen LogP contribution in [0.15, 0.2) is 0 Å². The van der Waals surface area contributed by atoms with Crippen LogP contribution in [0.1, 0.15) is 51.9 Å². The van der Waals surface area contributed by atoms with E-state index in [2.05, 4.69) is 4.90 Å². The quantitative estimate of drug-likeness (QED) is 0.776. The van der Waals surface area contributed by atoms with Gasteiger partial charge in [0.2, 0.25) is 0 Å². The number of hydrogen-bond acceptors (Lipinski definition) is 4. The van der Waals surface area contributed by atoms with E-state index in [0.29, 0.717) is 12.6 Å². The minimum Gasteiger partial charge on any atom is -0.376 e. The molecule has 0 aliphatic carbocycles. The lowest BCUT2D eigenvalue weighted by molar-refractivity contribution is -0.148. The van der Waals surface area contributed by atoms with Gasteiger partial charge in [0, 0.05) is 25.7 Å². The number of nitrogens with zero attached hydrogens (tertiary/aromatic N) is 2. The summed E-state index contributed by atoms with van der Waals surface area (Å²) in [6.45, 7) is 7.46. The number of piperidine rings is 1. The molecule has 3 saturated heterocycles. The molecule has 0 aromatic rings. The summed E-state index contributed by atoms with van der Waals surface area (Å²) in [6, 6.07) is 0.559. The average molecular weight is 324 g/mol. The van der Waals surface area contributed by atoms with Crippen LogP contribution in [0.3, 0.4) is 0 Å². The van der Waals surface area contributed by atoms with Gasteiger partial charge in [-0.1, -0.05) is 0 Å². The molecule has 132 valence electrons. The molecule has 5 nitrogen and oxygen atoms in total. The van der Waals surface area contributed by atoms with Crippen LogP contribution in [-0.4, -0.2) is 73.3 Å². The average Bonchev–Trinajstić information content (AvgIpc) is 3.15. The molecule has 3 aliphatic heterocycles. The first kappa shape index (κ1) is 17.2. The number of carbonyl (C=O) groups is 1. The van der Waals surface area contributed by atoms with Crippen molar-refractivity contribution in [3.63, 3.8) is 0 Å². The summed E-state index contributed by atoms with van der Waals surface area (Å²) in [4.78, 5) is 17.3. The highest BCUT2D eigenvalue weighted by Crippen LogP contribution is 2.21. The van der Waals surface area contributed by atoms with Crippen LogP contribution in [0.25, 0.3) is 0 Å². The molecule has 23 heavy (non-hydrogen) atoms. The Balaban J connectivity index is 1.44. The van der Waals surface area contributed by atoms with Crippen LogP contribution in [0.5, 0.6) is 0 Å². The van der Waals surface area contributed by atoms with E-state index in [9.17, 15) is 4.79 Å². The Labute approximate surface area is 140 Å². The lowest BCUT2D eigenvalue weighted by Crippen LogP contribution is -2.51. The number of ether oxygens (including phenoxy) is 2. The van der Waals surface area contributed by atoms with Crippen LogP contribution in [0.4, 0.5) is 0 Å². The van der Waals surface area contributed by atoms with Gasteiger partial charge in [0.15, 0.2) is 0 Å². The minimum atomic E-state index is -0.349. The summed E-state index contributed by atoms with van der Waals surface area (Å²) < 4.78 is 11.5. The van der Waals surface area contributed by atoms with Crippen molar-refractivity contribution in [3.05, 3.63) is 0 Å². The molecule has 0 spiro atoms. The second-order valence-electron chi connectivity index (χ2n) is 7.29. The first-order valence-electron chi connectivity index (χ1n) is 9.50. The molecule has 3 aliphatic rings. The first-order valence-corrected chi connectivity index (χ1v) is 9.50. The van der Waals surface area contributed by atoms with E-state index < -0.39 is 0 Å². The molecule has 3 heterocycles. The second-order valence-corrected chi connectivity index (χ2v) is 7.29. The van der Waals surface area contributed by atoms with Crippen LogP contribution in [0.2, 0.25) is 0 Å². The third kappa shape index (κ3) is 4.68. The van der Waals surface area contributed by atoms with Gasteiger partial charge in [0.1, 0.15) is 6.10 Å². The van der Waals surface area contributed by atoms with Crippen molar-refractivity contribution >= 4 is 5.91 Å². The maximum Gasteiger partial charge on any atom is 0.251 e. The highest BCUT2D eigenvalue weighted by atomic mass is 16.5. The zero-order valence-corrected chi connectivity index (χ0v) is 14.5. The molecule has 0 bridgehead atoms. The fourth-order valence-electron chi connectivity index (χ4n) is 4.08. The zero-order chi connectivity index (χ0) is 16.1. The third-order valence-electron chi connectivity index (χ3n) is 5.52. The fraction of sp³-hybridized carbons (Fsp3) is 0.944. The lowest BCUT2D eigenvalue weighted by Gasteiger charge is -2.38. The van der Waals surface area contributed by atoms with Crippen molar-refractivity contribution in [2.45, 2.75) is 70.1 Å². The lowest BCUT2D eigenvalue weighted by atomic mass is 10.0. The van der Waals surface area contributed by atoms with Gasteiger partial charge < -0.3 is 14.4 Å². The number of rotatable bonds is 5. The van der Waals surface area contributed by atoms with E-state index in [-0.39, 0.29) is 18.1 Å². The van der Waals surface area contributed by atoms with Gasteiger partial charge in [-0.3, -0.25) is 9.69 Å². The van der Waals surface area contributed by atoms with E-state index >= 15 is 0 Å².